The summed E-state index contributed by atoms with van der Waals surface area (Å²) in [5.74, 6) is 0.222. The highest BCUT2D eigenvalue weighted by molar-refractivity contribution is 5.70. The number of rotatable bonds is 3. The normalized spacial score (nSPS) is 28.0. The fourth-order valence-corrected chi connectivity index (χ4v) is 4.28. The quantitative estimate of drug-likeness (QED) is 0.835. The van der Waals surface area contributed by atoms with E-state index in [1.165, 1.54) is 10.5 Å². The van der Waals surface area contributed by atoms with Crippen LogP contribution in [0, 0.1) is 11.3 Å². The maximum Gasteiger partial charge on any atom is 0.410 e. The second-order valence-corrected chi connectivity index (χ2v) is 9.23. The summed E-state index contributed by atoms with van der Waals surface area (Å²) >= 11 is 0. The van der Waals surface area contributed by atoms with E-state index in [1.807, 2.05) is 39.0 Å². The van der Waals surface area contributed by atoms with Crippen LogP contribution in [-0.2, 0) is 4.74 Å². The predicted octanol–water partition coefficient (Wildman–Crippen LogP) is 3.18. The number of aliphatic hydroxyl groups is 1. The average molecular weight is 386 g/mol. The Balaban J connectivity index is 1.71. The largest absolute Gasteiger partial charge is 0.444 e. The maximum atomic E-state index is 12.3. The molecule has 28 heavy (non-hydrogen) atoms. The monoisotopic (exact) mass is 385 g/mol. The first-order valence-electron chi connectivity index (χ1n) is 10.0. The number of nitriles is 1. The van der Waals surface area contributed by atoms with Crippen molar-refractivity contribution in [2.24, 2.45) is 0 Å². The lowest BCUT2D eigenvalue weighted by Gasteiger charge is -2.56. The number of nitrogens with zero attached hydrogens (tertiary/aromatic N) is 2. The Bertz CT molecular complexity index is 747. The summed E-state index contributed by atoms with van der Waals surface area (Å²) in [5, 5.41) is 24.7. The Morgan fingerprint density at radius 1 is 1.36 bits per heavy atom. The molecule has 0 aliphatic carbocycles. The number of benzene rings is 1. The second-order valence-electron chi connectivity index (χ2n) is 9.23. The van der Waals surface area contributed by atoms with Crippen LogP contribution in [0.3, 0.4) is 0 Å². The van der Waals surface area contributed by atoms with Crippen LogP contribution in [0.2, 0.25) is 0 Å². The van der Waals surface area contributed by atoms with Crippen molar-refractivity contribution in [2.75, 3.05) is 13.1 Å². The smallest absolute Gasteiger partial charge is 0.410 e. The van der Waals surface area contributed by atoms with Crippen molar-refractivity contribution in [1.82, 2.24) is 10.2 Å². The fraction of sp³-hybridized carbons (Fsp3) is 0.636. The molecule has 2 aliphatic rings. The highest BCUT2D eigenvalue weighted by Gasteiger charge is 2.61. The van der Waals surface area contributed by atoms with Crippen LogP contribution in [0.25, 0.3) is 0 Å². The molecule has 2 aliphatic heterocycles. The number of hydrogen-bond donors (Lipinski definition) is 2. The Hall–Kier alpha value is -2.10. The van der Waals surface area contributed by atoms with Gasteiger partial charge in [0.2, 0.25) is 0 Å². The molecule has 2 heterocycles. The molecule has 6 nitrogen and oxygen atoms in total. The summed E-state index contributed by atoms with van der Waals surface area (Å²) in [7, 11) is 0. The van der Waals surface area contributed by atoms with E-state index >= 15 is 0 Å². The molecule has 1 amide bonds. The van der Waals surface area contributed by atoms with Gasteiger partial charge >= 0.3 is 6.09 Å². The minimum absolute atomic E-state index is 0.0930. The van der Waals surface area contributed by atoms with Crippen LogP contribution in [0.15, 0.2) is 30.3 Å². The topological polar surface area (TPSA) is 85.6 Å². The number of carbonyl (C=O) groups is 1. The van der Waals surface area contributed by atoms with Crippen molar-refractivity contribution < 1.29 is 14.6 Å². The van der Waals surface area contributed by atoms with Crippen LogP contribution in [0.1, 0.15) is 58.4 Å². The standard InChI is InChI=1S/C22H31N3O3/c1-16(17-9-6-5-7-10-17)18-11-8-12-21(13-23,24-18)22(27)14-25(15-22)19(26)28-20(2,3)4/h5-7,9-10,16,18,24,27H,8,11-12,14-15H2,1-4H3. The average Bonchev–Trinajstić information content (AvgIpc) is 2.64. The molecular formula is C22H31N3O3. The Morgan fingerprint density at radius 3 is 2.57 bits per heavy atom. The van der Waals surface area contributed by atoms with Gasteiger partial charge in [0, 0.05) is 6.04 Å². The summed E-state index contributed by atoms with van der Waals surface area (Å²) in [5.41, 5.74) is -1.70. The fourth-order valence-electron chi connectivity index (χ4n) is 4.28. The first kappa shape index (κ1) is 20.6. The zero-order chi connectivity index (χ0) is 20.6. The van der Waals surface area contributed by atoms with Crippen molar-refractivity contribution in [3.63, 3.8) is 0 Å². The highest BCUT2D eigenvalue weighted by atomic mass is 16.6. The van der Waals surface area contributed by atoms with E-state index in [9.17, 15) is 15.2 Å². The highest BCUT2D eigenvalue weighted by Crippen LogP contribution is 2.41. The lowest BCUT2D eigenvalue weighted by molar-refractivity contribution is -0.144. The molecule has 2 N–H and O–H groups in total. The summed E-state index contributed by atoms with van der Waals surface area (Å²) in [6, 6.07) is 12.7. The van der Waals surface area contributed by atoms with Gasteiger partial charge < -0.3 is 14.7 Å². The number of piperidine rings is 1. The molecule has 0 spiro atoms. The number of nitrogens with one attached hydrogen (secondary N) is 1. The number of likely N-dealkylation sites (tertiary alicyclic amines) is 1. The zero-order valence-corrected chi connectivity index (χ0v) is 17.2. The number of hydrogen-bond acceptors (Lipinski definition) is 5. The van der Waals surface area contributed by atoms with Crippen molar-refractivity contribution in [3.8, 4) is 6.07 Å². The number of carbonyl (C=O) groups excluding carboxylic acids is 1. The SMILES string of the molecule is CC(c1ccccc1)C1CCCC(C#N)(C2(O)CN(C(=O)OC(C)(C)C)C2)N1. The minimum Gasteiger partial charge on any atom is -0.444 e. The first-order chi connectivity index (χ1) is 13.1. The molecular weight excluding hydrogens is 354 g/mol. The lowest BCUT2D eigenvalue weighted by atomic mass is 9.68. The van der Waals surface area contributed by atoms with Crippen LogP contribution in [0.5, 0.6) is 0 Å². The molecule has 3 rings (SSSR count). The third-order valence-electron chi connectivity index (χ3n) is 5.97. The predicted molar refractivity (Wildman–Crippen MR) is 107 cm³/mol. The third kappa shape index (κ3) is 3.87. The Labute approximate surface area is 167 Å². The molecule has 2 saturated heterocycles. The van der Waals surface area contributed by atoms with Crippen molar-refractivity contribution in [1.29, 1.82) is 5.26 Å². The van der Waals surface area contributed by atoms with Crippen LogP contribution in [0.4, 0.5) is 4.79 Å². The molecule has 0 radical (unpaired) electrons. The second kappa shape index (κ2) is 7.38. The van der Waals surface area contributed by atoms with Gasteiger partial charge in [0.05, 0.1) is 19.2 Å². The Morgan fingerprint density at radius 2 is 2.00 bits per heavy atom. The van der Waals surface area contributed by atoms with Gasteiger partial charge in [0.25, 0.3) is 0 Å². The molecule has 3 unspecified atom stereocenters. The van der Waals surface area contributed by atoms with Crippen molar-refractivity contribution >= 4 is 6.09 Å². The van der Waals surface area contributed by atoms with Gasteiger partial charge in [0.1, 0.15) is 16.7 Å². The van der Waals surface area contributed by atoms with Gasteiger partial charge in [-0.25, -0.2) is 4.79 Å². The van der Waals surface area contributed by atoms with E-state index in [2.05, 4.69) is 30.4 Å². The van der Waals surface area contributed by atoms with E-state index in [4.69, 9.17) is 4.74 Å². The van der Waals surface area contributed by atoms with Gasteiger partial charge in [-0.05, 0) is 51.5 Å². The molecule has 1 aromatic rings. The van der Waals surface area contributed by atoms with Gasteiger partial charge in [-0.1, -0.05) is 37.3 Å². The van der Waals surface area contributed by atoms with E-state index in [1.54, 1.807) is 0 Å². The molecule has 0 bridgehead atoms. The third-order valence-corrected chi connectivity index (χ3v) is 5.97. The molecule has 0 aromatic heterocycles. The van der Waals surface area contributed by atoms with E-state index in [-0.39, 0.29) is 25.0 Å². The zero-order valence-electron chi connectivity index (χ0n) is 17.2. The summed E-state index contributed by atoms with van der Waals surface area (Å²) in [4.78, 5) is 13.7. The van der Waals surface area contributed by atoms with E-state index < -0.39 is 22.8 Å². The molecule has 3 atom stereocenters. The van der Waals surface area contributed by atoms with Crippen LogP contribution >= 0.6 is 0 Å². The Kier molecular flexibility index (Phi) is 5.44. The van der Waals surface area contributed by atoms with Gasteiger partial charge in [0.15, 0.2) is 0 Å². The summed E-state index contributed by atoms with van der Waals surface area (Å²) in [6.45, 7) is 7.80. The molecule has 6 heteroatoms. The lowest BCUT2D eigenvalue weighted by Crippen LogP contribution is -2.79. The van der Waals surface area contributed by atoms with E-state index in [0.717, 1.165) is 12.8 Å². The number of ether oxygens (including phenoxy) is 1. The number of amides is 1. The van der Waals surface area contributed by atoms with Crippen LogP contribution < -0.4 is 5.32 Å². The molecule has 2 fully saturated rings. The number of β-amino-alcohol motifs (C(OH)–C–C–N with tert-alkyl or cyclic N) is 1. The molecule has 152 valence electrons. The van der Waals surface area contributed by atoms with Crippen LogP contribution in [-0.4, -0.2) is 52.0 Å². The van der Waals surface area contributed by atoms with E-state index in [0.29, 0.717) is 6.42 Å². The van der Waals surface area contributed by atoms with Gasteiger partial charge in [-0.2, -0.15) is 5.26 Å². The molecule has 0 saturated carbocycles. The molecule has 1 aromatic carbocycles. The first-order valence-corrected chi connectivity index (χ1v) is 10.0. The van der Waals surface area contributed by atoms with Crippen molar-refractivity contribution in [3.05, 3.63) is 35.9 Å². The summed E-state index contributed by atoms with van der Waals surface area (Å²) < 4.78 is 5.38. The minimum atomic E-state index is -1.27. The van der Waals surface area contributed by atoms with Crippen molar-refractivity contribution in [2.45, 2.75) is 75.7 Å². The van der Waals surface area contributed by atoms with Gasteiger partial charge in [-0.3, -0.25) is 5.32 Å². The maximum absolute atomic E-state index is 12.3. The summed E-state index contributed by atoms with van der Waals surface area (Å²) in [6.07, 6.45) is 1.93. The van der Waals surface area contributed by atoms with Gasteiger partial charge in [-0.15, -0.1) is 0 Å².